The van der Waals surface area contributed by atoms with E-state index in [0.717, 1.165) is 5.56 Å². The number of ether oxygens (including phenoxy) is 1. The van der Waals surface area contributed by atoms with Crippen LogP contribution in [0.1, 0.15) is 28.9 Å². The number of likely N-dealkylation sites (tertiary alicyclic amines) is 1. The zero-order valence-corrected chi connectivity index (χ0v) is 16.1. The van der Waals surface area contributed by atoms with Crippen LogP contribution in [0, 0.1) is 0 Å². The number of nitrogens with one attached hydrogen (secondary N) is 1. The van der Waals surface area contributed by atoms with Crippen molar-refractivity contribution in [2.75, 3.05) is 20.2 Å². The van der Waals surface area contributed by atoms with E-state index in [4.69, 9.17) is 4.74 Å². The summed E-state index contributed by atoms with van der Waals surface area (Å²) in [4.78, 5) is 45.4. The number of methoxy groups -OCH3 is 1. The van der Waals surface area contributed by atoms with Gasteiger partial charge in [0.15, 0.2) is 0 Å². The summed E-state index contributed by atoms with van der Waals surface area (Å²) >= 11 is 0. The van der Waals surface area contributed by atoms with Gasteiger partial charge in [-0.1, -0.05) is 30.3 Å². The Morgan fingerprint density at radius 2 is 1.90 bits per heavy atom. The smallest absolute Gasteiger partial charge is 0.325 e. The summed E-state index contributed by atoms with van der Waals surface area (Å²) in [6.45, 7) is 1.08. The van der Waals surface area contributed by atoms with Crippen molar-refractivity contribution < 1.29 is 19.1 Å². The maximum absolute atomic E-state index is 12.8. The first-order chi connectivity index (χ1) is 14.0. The van der Waals surface area contributed by atoms with E-state index in [2.05, 4.69) is 10.3 Å². The minimum atomic E-state index is -0.925. The molecule has 8 nitrogen and oxygen atoms in total. The molecule has 150 valence electrons. The number of piperidine rings is 1. The topological polar surface area (TPSA) is 91.8 Å². The Morgan fingerprint density at radius 1 is 1.17 bits per heavy atom. The Morgan fingerprint density at radius 3 is 2.59 bits per heavy atom. The molecule has 2 aromatic rings. The van der Waals surface area contributed by atoms with Crippen LogP contribution in [-0.4, -0.2) is 58.4 Å². The summed E-state index contributed by atoms with van der Waals surface area (Å²) in [6, 6.07) is 12.5. The number of benzene rings is 1. The van der Waals surface area contributed by atoms with E-state index in [1.807, 2.05) is 30.3 Å². The molecule has 2 saturated heterocycles. The maximum atomic E-state index is 12.8. The highest BCUT2D eigenvalue weighted by molar-refractivity contribution is 6.07. The lowest BCUT2D eigenvalue weighted by atomic mass is 9.85. The van der Waals surface area contributed by atoms with Gasteiger partial charge in [0.05, 0.1) is 7.11 Å². The zero-order chi connectivity index (χ0) is 20.4. The third-order valence-corrected chi connectivity index (χ3v) is 5.65. The molecular weight excluding hydrogens is 372 g/mol. The molecule has 2 aliphatic heterocycles. The van der Waals surface area contributed by atoms with E-state index in [1.54, 1.807) is 21.9 Å². The molecular formula is C21H22N4O4. The molecule has 1 aromatic heterocycles. The first-order valence-corrected chi connectivity index (χ1v) is 9.50. The Hall–Kier alpha value is -3.42. The van der Waals surface area contributed by atoms with Crippen molar-refractivity contribution in [1.82, 2.24) is 20.1 Å². The molecule has 0 bridgehead atoms. The minimum absolute atomic E-state index is 0.210. The number of rotatable bonds is 4. The van der Waals surface area contributed by atoms with Crippen LogP contribution in [0.5, 0.6) is 5.75 Å². The predicted molar refractivity (Wildman–Crippen MR) is 104 cm³/mol. The van der Waals surface area contributed by atoms with Crippen LogP contribution < -0.4 is 10.1 Å². The molecule has 1 aromatic carbocycles. The lowest BCUT2D eigenvalue weighted by Crippen LogP contribution is -2.57. The minimum Gasteiger partial charge on any atom is -0.497 e. The van der Waals surface area contributed by atoms with Crippen LogP contribution in [-0.2, 0) is 11.3 Å². The Labute approximate surface area is 168 Å². The first kappa shape index (κ1) is 18.9. The van der Waals surface area contributed by atoms with Gasteiger partial charge in [-0.2, -0.15) is 0 Å². The van der Waals surface area contributed by atoms with Gasteiger partial charge in [0.1, 0.15) is 17.0 Å². The van der Waals surface area contributed by atoms with Gasteiger partial charge in [0, 0.05) is 31.9 Å². The summed E-state index contributed by atoms with van der Waals surface area (Å²) in [7, 11) is 1.53. The van der Waals surface area contributed by atoms with Crippen molar-refractivity contribution in [1.29, 1.82) is 0 Å². The van der Waals surface area contributed by atoms with Crippen LogP contribution >= 0.6 is 0 Å². The van der Waals surface area contributed by atoms with E-state index in [1.165, 1.54) is 13.3 Å². The van der Waals surface area contributed by atoms with E-state index in [-0.39, 0.29) is 17.8 Å². The molecule has 3 heterocycles. The molecule has 0 radical (unpaired) electrons. The second kappa shape index (κ2) is 7.54. The summed E-state index contributed by atoms with van der Waals surface area (Å²) < 4.78 is 5.16. The summed E-state index contributed by atoms with van der Waals surface area (Å²) in [5, 5.41) is 2.45. The molecule has 0 saturated carbocycles. The van der Waals surface area contributed by atoms with Gasteiger partial charge in [-0.3, -0.25) is 19.9 Å². The highest BCUT2D eigenvalue weighted by Gasteiger charge is 2.54. The van der Waals surface area contributed by atoms with Crippen LogP contribution in [0.15, 0.2) is 48.7 Å². The van der Waals surface area contributed by atoms with Gasteiger partial charge in [0.2, 0.25) is 0 Å². The van der Waals surface area contributed by atoms with Gasteiger partial charge in [-0.05, 0) is 24.5 Å². The fourth-order valence-corrected chi connectivity index (χ4v) is 3.98. The highest BCUT2D eigenvalue weighted by atomic mass is 16.5. The fraction of sp³-hybridized carbons (Fsp3) is 0.333. The number of hydrogen-bond donors (Lipinski definition) is 1. The first-order valence-electron chi connectivity index (χ1n) is 9.50. The second-order valence-electron chi connectivity index (χ2n) is 7.24. The number of urea groups is 1. The number of pyridine rings is 1. The fourth-order valence-electron chi connectivity index (χ4n) is 3.98. The van der Waals surface area contributed by atoms with Crippen LogP contribution in [0.4, 0.5) is 4.79 Å². The second-order valence-corrected chi connectivity index (χ2v) is 7.24. The molecule has 1 spiro atoms. The zero-order valence-electron chi connectivity index (χ0n) is 16.1. The molecule has 4 rings (SSSR count). The number of aromatic nitrogens is 1. The molecule has 0 unspecified atom stereocenters. The van der Waals surface area contributed by atoms with Gasteiger partial charge in [-0.15, -0.1) is 0 Å². The van der Waals surface area contributed by atoms with Crippen molar-refractivity contribution in [3.05, 3.63) is 59.9 Å². The third-order valence-electron chi connectivity index (χ3n) is 5.65. The summed E-state index contributed by atoms with van der Waals surface area (Å²) in [5.41, 5.74) is 0.329. The Kier molecular flexibility index (Phi) is 4.92. The Balaban J connectivity index is 1.50. The van der Waals surface area contributed by atoms with Crippen LogP contribution in [0.3, 0.4) is 0 Å². The standard InChI is InChI=1S/C21H22N4O4/c1-29-16-7-10-22-17(13-16)18(26)24-11-8-21(9-12-24)19(27)23-20(28)25(21)14-15-5-3-2-4-6-15/h2-7,10,13H,8-9,11-12,14H2,1H3,(H,23,27,28). The number of carbonyl (C=O) groups excluding carboxylic acids is 3. The molecule has 29 heavy (non-hydrogen) atoms. The van der Waals surface area contributed by atoms with Crippen molar-refractivity contribution in [3.8, 4) is 5.75 Å². The SMILES string of the molecule is COc1ccnc(C(=O)N2CCC3(CC2)C(=O)NC(=O)N3Cc2ccccc2)c1. The molecule has 1 N–H and O–H groups in total. The van der Waals surface area contributed by atoms with Gasteiger partial charge in [-0.25, -0.2) is 4.79 Å². The van der Waals surface area contributed by atoms with Crippen molar-refractivity contribution in [2.45, 2.75) is 24.9 Å². The van der Waals surface area contributed by atoms with Crippen molar-refractivity contribution >= 4 is 17.8 Å². The number of imide groups is 1. The van der Waals surface area contributed by atoms with E-state index < -0.39 is 5.54 Å². The Bertz CT molecular complexity index is 939. The van der Waals surface area contributed by atoms with Crippen LogP contribution in [0.25, 0.3) is 0 Å². The average Bonchev–Trinajstić information content (AvgIpc) is 2.98. The molecule has 8 heteroatoms. The number of amides is 4. The number of hydrogen-bond acceptors (Lipinski definition) is 5. The van der Waals surface area contributed by atoms with Crippen LogP contribution in [0.2, 0.25) is 0 Å². The molecule has 0 atom stereocenters. The number of carbonyl (C=O) groups is 3. The molecule has 4 amide bonds. The van der Waals surface area contributed by atoms with E-state index in [0.29, 0.717) is 43.9 Å². The van der Waals surface area contributed by atoms with Gasteiger partial charge >= 0.3 is 6.03 Å². The van der Waals surface area contributed by atoms with Gasteiger partial charge < -0.3 is 14.5 Å². The van der Waals surface area contributed by atoms with Crippen molar-refractivity contribution in [2.24, 2.45) is 0 Å². The van der Waals surface area contributed by atoms with Crippen molar-refractivity contribution in [3.63, 3.8) is 0 Å². The lowest BCUT2D eigenvalue weighted by molar-refractivity contribution is -0.129. The monoisotopic (exact) mass is 394 g/mol. The summed E-state index contributed by atoms with van der Waals surface area (Å²) in [6.07, 6.45) is 2.29. The molecule has 2 aliphatic rings. The predicted octanol–water partition coefficient (Wildman–Crippen LogP) is 1.82. The van der Waals surface area contributed by atoms with E-state index in [9.17, 15) is 14.4 Å². The highest BCUT2D eigenvalue weighted by Crippen LogP contribution is 2.35. The number of nitrogens with zero attached hydrogens (tertiary/aromatic N) is 3. The largest absolute Gasteiger partial charge is 0.497 e. The maximum Gasteiger partial charge on any atom is 0.325 e. The lowest BCUT2D eigenvalue weighted by Gasteiger charge is -2.42. The normalized spacial score (nSPS) is 18.1. The molecule has 2 fully saturated rings. The average molecular weight is 394 g/mol. The van der Waals surface area contributed by atoms with E-state index >= 15 is 0 Å². The third kappa shape index (κ3) is 3.41. The summed E-state index contributed by atoms with van der Waals surface area (Å²) in [5.74, 6) is 0.0646. The van der Waals surface area contributed by atoms with Gasteiger partial charge in [0.25, 0.3) is 11.8 Å². The quantitative estimate of drug-likeness (QED) is 0.799. The molecule has 0 aliphatic carbocycles.